The fourth-order valence-electron chi connectivity index (χ4n) is 2.64. The van der Waals surface area contributed by atoms with Gasteiger partial charge in [-0.25, -0.2) is 9.59 Å². The van der Waals surface area contributed by atoms with Crippen molar-refractivity contribution in [2.75, 3.05) is 26.1 Å². The molecule has 1 heterocycles. The fraction of sp³-hybridized carbons (Fsp3) is 0.500. The summed E-state index contributed by atoms with van der Waals surface area (Å²) in [7, 11) is -3.58. The highest BCUT2D eigenvalue weighted by atomic mass is 31.2. The molecule has 1 fully saturated rings. The summed E-state index contributed by atoms with van der Waals surface area (Å²) < 4.78 is 32.7. The van der Waals surface area contributed by atoms with Gasteiger partial charge in [0, 0.05) is 6.42 Å². The second-order valence-electron chi connectivity index (χ2n) is 5.97. The lowest BCUT2D eigenvalue weighted by Crippen LogP contribution is -2.40. The minimum absolute atomic E-state index is 0.0227. The lowest BCUT2D eigenvalue weighted by molar-refractivity contribution is -0.140. The molecule has 1 saturated heterocycles. The van der Waals surface area contributed by atoms with E-state index < -0.39 is 37.6 Å². The van der Waals surface area contributed by atoms with Gasteiger partial charge >= 0.3 is 19.7 Å². The molecule has 0 bridgehead atoms. The van der Waals surface area contributed by atoms with Gasteiger partial charge < -0.3 is 18.5 Å². The number of amides is 1. The predicted octanol–water partition coefficient (Wildman–Crippen LogP) is 2.73. The van der Waals surface area contributed by atoms with E-state index in [9.17, 15) is 18.9 Å². The van der Waals surface area contributed by atoms with Crippen LogP contribution in [-0.4, -0.2) is 54.9 Å². The largest absolute Gasteiger partial charge is 0.444 e. The number of carbonyl (C=O) groups excluding carboxylic acids is 3. The molecule has 1 aromatic carbocycles. The molecule has 0 spiro atoms. The molecule has 1 amide bonds. The third-order valence-corrected chi connectivity index (χ3v) is 5.92. The quantitative estimate of drug-likeness (QED) is 0.426. The highest BCUT2D eigenvalue weighted by molar-refractivity contribution is 7.54. The van der Waals surface area contributed by atoms with Crippen LogP contribution in [-0.2, 0) is 39.3 Å². The van der Waals surface area contributed by atoms with E-state index in [1.54, 1.807) is 26.0 Å². The SMILES string of the molecule is CCOP(=O)(CC(=O)C[C@H]1C(=O)OCN1C(=O)OCc1ccccc1)OCC. The maximum Gasteiger partial charge on any atom is 0.413 e. The molecule has 0 radical (unpaired) electrons. The molecule has 10 heteroatoms. The van der Waals surface area contributed by atoms with Gasteiger partial charge in [-0.2, -0.15) is 0 Å². The Balaban J connectivity index is 1.96. The van der Waals surface area contributed by atoms with Crippen molar-refractivity contribution in [1.29, 1.82) is 0 Å². The lowest BCUT2D eigenvalue weighted by atomic mass is 10.1. The van der Waals surface area contributed by atoms with Crippen molar-refractivity contribution in [2.24, 2.45) is 0 Å². The summed E-state index contributed by atoms with van der Waals surface area (Å²) in [5.41, 5.74) is 0.782. The molecule has 0 aliphatic carbocycles. The minimum atomic E-state index is -3.58. The van der Waals surface area contributed by atoms with E-state index in [0.717, 1.165) is 10.5 Å². The first kappa shape index (κ1) is 22.1. The van der Waals surface area contributed by atoms with Gasteiger partial charge in [0.15, 0.2) is 6.73 Å². The molecular formula is C18H24NO8P. The zero-order valence-electron chi connectivity index (χ0n) is 15.9. The first-order chi connectivity index (χ1) is 13.4. The van der Waals surface area contributed by atoms with E-state index >= 15 is 0 Å². The van der Waals surface area contributed by atoms with Crippen LogP contribution in [0.5, 0.6) is 0 Å². The second-order valence-corrected chi connectivity index (χ2v) is 8.02. The van der Waals surface area contributed by atoms with Gasteiger partial charge in [-0.1, -0.05) is 30.3 Å². The van der Waals surface area contributed by atoms with Gasteiger partial charge in [-0.15, -0.1) is 0 Å². The molecule has 2 rings (SSSR count). The number of Topliss-reactive ketones (excluding diaryl/α,β-unsaturated/α-hetero) is 1. The van der Waals surface area contributed by atoms with E-state index in [1.165, 1.54) is 0 Å². The van der Waals surface area contributed by atoms with Crippen LogP contribution in [0.1, 0.15) is 25.8 Å². The van der Waals surface area contributed by atoms with Crippen LogP contribution < -0.4 is 0 Å². The molecule has 1 aliphatic heterocycles. The van der Waals surface area contributed by atoms with Crippen molar-refractivity contribution < 1.29 is 37.5 Å². The van der Waals surface area contributed by atoms with Crippen LogP contribution in [0.15, 0.2) is 30.3 Å². The van der Waals surface area contributed by atoms with Gasteiger partial charge in [-0.3, -0.25) is 14.3 Å². The van der Waals surface area contributed by atoms with Crippen LogP contribution in [0.3, 0.4) is 0 Å². The monoisotopic (exact) mass is 413 g/mol. The summed E-state index contributed by atoms with van der Waals surface area (Å²) in [6.45, 7) is 3.22. The van der Waals surface area contributed by atoms with Crippen molar-refractivity contribution in [3.63, 3.8) is 0 Å². The number of ketones is 1. The van der Waals surface area contributed by atoms with Crippen LogP contribution in [0.4, 0.5) is 4.79 Å². The summed E-state index contributed by atoms with van der Waals surface area (Å²) in [6, 6.07) is 7.90. The molecule has 154 valence electrons. The van der Waals surface area contributed by atoms with Crippen molar-refractivity contribution in [3.05, 3.63) is 35.9 Å². The molecule has 0 N–H and O–H groups in total. The van der Waals surface area contributed by atoms with Crippen molar-refractivity contribution in [3.8, 4) is 0 Å². The van der Waals surface area contributed by atoms with E-state index in [2.05, 4.69) is 0 Å². The summed E-state index contributed by atoms with van der Waals surface area (Å²) in [4.78, 5) is 37.6. The Morgan fingerprint density at radius 1 is 1.18 bits per heavy atom. The van der Waals surface area contributed by atoms with E-state index in [4.69, 9.17) is 18.5 Å². The van der Waals surface area contributed by atoms with Crippen LogP contribution >= 0.6 is 7.60 Å². The third kappa shape index (κ3) is 6.15. The lowest BCUT2D eigenvalue weighted by Gasteiger charge is -2.20. The number of nitrogens with zero attached hydrogens (tertiary/aromatic N) is 1. The Kier molecular flexibility index (Phi) is 8.17. The Labute approximate surface area is 163 Å². The number of carbonyl (C=O) groups is 3. The summed E-state index contributed by atoms with van der Waals surface area (Å²) >= 11 is 0. The van der Waals surface area contributed by atoms with Crippen LogP contribution in [0.2, 0.25) is 0 Å². The molecule has 9 nitrogen and oxygen atoms in total. The number of hydrogen-bond donors (Lipinski definition) is 0. The number of ether oxygens (including phenoxy) is 2. The second kappa shape index (κ2) is 10.4. The molecular weight excluding hydrogens is 389 g/mol. The Hall–Kier alpha value is -2.22. The summed E-state index contributed by atoms with van der Waals surface area (Å²) in [5, 5.41) is 0. The zero-order chi connectivity index (χ0) is 20.6. The van der Waals surface area contributed by atoms with Gasteiger partial charge in [0.2, 0.25) is 0 Å². The van der Waals surface area contributed by atoms with Crippen molar-refractivity contribution in [1.82, 2.24) is 4.90 Å². The number of hydrogen-bond acceptors (Lipinski definition) is 8. The van der Waals surface area contributed by atoms with Gasteiger partial charge in [0.1, 0.15) is 24.6 Å². The summed E-state index contributed by atoms with van der Waals surface area (Å²) in [6.07, 6.45) is -1.61. The van der Waals surface area contributed by atoms with Gasteiger partial charge in [0.05, 0.1) is 13.2 Å². The highest BCUT2D eigenvalue weighted by Crippen LogP contribution is 2.48. The molecule has 1 aliphatic rings. The number of benzene rings is 1. The highest BCUT2D eigenvalue weighted by Gasteiger charge is 2.41. The maximum absolute atomic E-state index is 12.5. The first-order valence-corrected chi connectivity index (χ1v) is 10.6. The van der Waals surface area contributed by atoms with E-state index in [-0.39, 0.29) is 33.0 Å². The Morgan fingerprint density at radius 3 is 2.43 bits per heavy atom. The average molecular weight is 413 g/mol. The standard InChI is InChI=1S/C18H24NO8P/c1-3-26-28(23,27-4-2)12-15(20)10-16-17(21)25-13-19(16)18(22)24-11-14-8-6-5-7-9-14/h5-9,16H,3-4,10-13H2,1-2H3/t16-/m0/s1. The smallest absolute Gasteiger partial charge is 0.413 e. The molecule has 0 saturated carbocycles. The molecule has 0 unspecified atom stereocenters. The summed E-state index contributed by atoms with van der Waals surface area (Å²) in [5.74, 6) is -1.25. The topological polar surface area (TPSA) is 108 Å². The normalized spacial score (nSPS) is 16.7. The first-order valence-electron chi connectivity index (χ1n) is 8.92. The zero-order valence-corrected chi connectivity index (χ0v) is 16.8. The average Bonchev–Trinajstić information content (AvgIpc) is 3.01. The van der Waals surface area contributed by atoms with E-state index in [0.29, 0.717) is 0 Å². The number of cyclic esters (lactones) is 1. The molecule has 1 aromatic rings. The Morgan fingerprint density at radius 2 is 1.82 bits per heavy atom. The number of rotatable bonds is 10. The van der Waals surface area contributed by atoms with Crippen molar-refractivity contribution >= 4 is 25.4 Å². The molecule has 0 aromatic heterocycles. The third-order valence-electron chi connectivity index (χ3n) is 3.88. The van der Waals surface area contributed by atoms with Gasteiger partial charge in [-0.05, 0) is 19.4 Å². The minimum Gasteiger partial charge on any atom is -0.444 e. The fourth-order valence-corrected chi connectivity index (χ4v) is 4.25. The van der Waals surface area contributed by atoms with Gasteiger partial charge in [0.25, 0.3) is 0 Å². The van der Waals surface area contributed by atoms with E-state index in [1.807, 2.05) is 18.2 Å². The number of esters is 1. The Bertz CT molecular complexity index is 728. The molecule has 28 heavy (non-hydrogen) atoms. The van der Waals surface area contributed by atoms with Crippen LogP contribution in [0.25, 0.3) is 0 Å². The van der Waals surface area contributed by atoms with Crippen LogP contribution in [0, 0.1) is 0 Å². The van der Waals surface area contributed by atoms with Crippen molar-refractivity contribution in [2.45, 2.75) is 32.9 Å². The molecule has 1 atom stereocenters. The predicted molar refractivity (Wildman–Crippen MR) is 98.6 cm³/mol. The maximum atomic E-state index is 12.5.